The molecule has 0 spiro atoms. The van der Waals surface area contributed by atoms with E-state index >= 15 is 0 Å². The molecule has 0 saturated heterocycles. The standard InChI is InChI=1S/C8H13N3O2.C3H4N2/c1-11(2)7(8(12)13)3-6-4-9-5-10-6;1-2-5-3-4-1/h4-5,7H,3H2,1-2H3,(H,9,10)(H,12,13);1-3H,(H,4,5). The number of carboxylic acid groups (broad SMARTS) is 1. The van der Waals surface area contributed by atoms with Crippen molar-refractivity contribution in [3.05, 3.63) is 36.9 Å². The molecule has 0 amide bonds. The molecule has 0 aliphatic carbocycles. The molecule has 7 nitrogen and oxygen atoms in total. The molecule has 0 aliphatic heterocycles. The number of aliphatic carboxylic acids is 1. The predicted octanol–water partition coefficient (Wildman–Crippen LogP) is 0.377. The van der Waals surface area contributed by atoms with Crippen LogP contribution in [0.15, 0.2) is 31.2 Å². The van der Waals surface area contributed by atoms with E-state index in [-0.39, 0.29) is 0 Å². The number of likely N-dealkylation sites (N-methyl/N-ethyl adjacent to an activating group) is 1. The third kappa shape index (κ3) is 4.79. The van der Waals surface area contributed by atoms with E-state index in [0.717, 1.165) is 5.69 Å². The Morgan fingerprint density at radius 2 is 2.22 bits per heavy atom. The van der Waals surface area contributed by atoms with Crippen LogP contribution in [0.25, 0.3) is 0 Å². The van der Waals surface area contributed by atoms with Crippen LogP contribution in [-0.4, -0.2) is 56.0 Å². The topological polar surface area (TPSA) is 97.9 Å². The van der Waals surface area contributed by atoms with Crippen LogP contribution in [0.1, 0.15) is 5.69 Å². The van der Waals surface area contributed by atoms with Gasteiger partial charge in [-0.25, -0.2) is 9.97 Å². The van der Waals surface area contributed by atoms with Crippen molar-refractivity contribution in [3.63, 3.8) is 0 Å². The Morgan fingerprint density at radius 1 is 1.44 bits per heavy atom. The summed E-state index contributed by atoms with van der Waals surface area (Å²) in [6.45, 7) is 0. The Bertz CT molecular complexity index is 407. The summed E-state index contributed by atoms with van der Waals surface area (Å²) in [7, 11) is 3.49. The molecule has 2 aromatic rings. The van der Waals surface area contributed by atoms with Crippen LogP contribution in [0.2, 0.25) is 0 Å². The largest absolute Gasteiger partial charge is 0.480 e. The highest BCUT2D eigenvalue weighted by molar-refractivity contribution is 5.73. The van der Waals surface area contributed by atoms with Crippen LogP contribution in [-0.2, 0) is 11.2 Å². The summed E-state index contributed by atoms with van der Waals surface area (Å²) in [5.74, 6) is -0.820. The Balaban J connectivity index is 0.000000269. The van der Waals surface area contributed by atoms with Gasteiger partial charge in [-0.2, -0.15) is 0 Å². The molecule has 0 radical (unpaired) electrons. The van der Waals surface area contributed by atoms with Crippen LogP contribution in [0.5, 0.6) is 0 Å². The predicted molar refractivity (Wildman–Crippen MR) is 66.0 cm³/mol. The van der Waals surface area contributed by atoms with Gasteiger partial charge in [-0.3, -0.25) is 9.69 Å². The van der Waals surface area contributed by atoms with Gasteiger partial charge < -0.3 is 15.1 Å². The summed E-state index contributed by atoms with van der Waals surface area (Å²) in [6.07, 6.45) is 8.71. The summed E-state index contributed by atoms with van der Waals surface area (Å²) in [5.41, 5.74) is 0.834. The number of hydrogen-bond donors (Lipinski definition) is 3. The van der Waals surface area contributed by atoms with Crippen molar-refractivity contribution < 1.29 is 9.90 Å². The fourth-order valence-corrected chi connectivity index (χ4v) is 1.31. The highest BCUT2D eigenvalue weighted by atomic mass is 16.4. The van der Waals surface area contributed by atoms with Crippen molar-refractivity contribution >= 4 is 5.97 Å². The summed E-state index contributed by atoms with van der Waals surface area (Å²) < 4.78 is 0. The highest BCUT2D eigenvalue weighted by Crippen LogP contribution is 2.03. The zero-order chi connectivity index (χ0) is 13.4. The molecular weight excluding hydrogens is 234 g/mol. The molecule has 0 aliphatic rings. The van der Waals surface area contributed by atoms with Gasteiger partial charge in [-0.1, -0.05) is 0 Å². The quantitative estimate of drug-likeness (QED) is 0.729. The summed E-state index contributed by atoms with van der Waals surface area (Å²) in [4.78, 5) is 25.6. The molecular formula is C11H17N5O2. The molecule has 1 unspecified atom stereocenters. The van der Waals surface area contributed by atoms with E-state index in [9.17, 15) is 4.79 Å². The second kappa shape index (κ2) is 7.23. The molecule has 2 rings (SSSR count). The van der Waals surface area contributed by atoms with Crippen molar-refractivity contribution in [1.29, 1.82) is 0 Å². The lowest BCUT2D eigenvalue weighted by molar-refractivity contribution is -0.142. The zero-order valence-corrected chi connectivity index (χ0v) is 10.4. The van der Waals surface area contributed by atoms with Crippen LogP contribution in [0.3, 0.4) is 0 Å². The fourth-order valence-electron chi connectivity index (χ4n) is 1.31. The maximum atomic E-state index is 10.8. The van der Waals surface area contributed by atoms with Crippen molar-refractivity contribution in [3.8, 4) is 0 Å². The van der Waals surface area contributed by atoms with E-state index < -0.39 is 12.0 Å². The molecule has 0 saturated carbocycles. The number of aromatic amines is 2. The van der Waals surface area contributed by atoms with Gasteiger partial charge in [0, 0.05) is 30.7 Å². The Hall–Kier alpha value is -2.15. The first-order chi connectivity index (χ1) is 8.61. The molecule has 2 aromatic heterocycles. The molecule has 18 heavy (non-hydrogen) atoms. The van der Waals surface area contributed by atoms with Gasteiger partial charge in [-0.05, 0) is 14.1 Å². The highest BCUT2D eigenvalue weighted by Gasteiger charge is 2.20. The lowest BCUT2D eigenvalue weighted by Gasteiger charge is -2.18. The first kappa shape index (κ1) is 13.9. The van der Waals surface area contributed by atoms with E-state index in [1.807, 2.05) is 0 Å². The number of nitrogens with zero attached hydrogens (tertiary/aromatic N) is 3. The maximum absolute atomic E-state index is 10.8. The summed E-state index contributed by atoms with van der Waals surface area (Å²) in [6, 6.07) is -0.500. The van der Waals surface area contributed by atoms with Gasteiger partial charge in [0.05, 0.1) is 12.7 Å². The number of carbonyl (C=O) groups is 1. The third-order valence-corrected chi connectivity index (χ3v) is 2.28. The zero-order valence-electron chi connectivity index (χ0n) is 10.4. The van der Waals surface area contributed by atoms with E-state index in [1.54, 1.807) is 50.2 Å². The average molecular weight is 251 g/mol. The minimum atomic E-state index is -0.820. The Kier molecular flexibility index (Phi) is 5.59. The van der Waals surface area contributed by atoms with Crippen LogP contribution < -0.4 is 0 Å². The van der Waals surface area contributed by atoms with Gasteiger partial charge in [0.15, 0.2) is 0 Å². The second-order valence-electron chi connectivity index (χ2n) is 3.86. The van der Waals surface area contributed by atoms with Gasteiger partial charge in [0.25, 0.3) is 0 Å². The monoisotopic (exact) mass is 251 g/mol. The first-order valence-corrected chi connectivity index (χ1v) is 5.40. The number of aromatic nitrogens is 4. The normalized spacial score (nSPS) is 11.7. The van der Waals surface area contributed by atoms with Gasteiger partial charge >= 0.3 is 5.97 Å². The van der Waals surface area contributed by atoms with Crippen LogP contribution in [0.4, 0.5) is 0 Å². The second-order valence-corrected chi connectivity index (χ2v) is 3.86. The van der Waals surface area contributed by atoms with Crippen molar-refractivity contribution in [1.82, 2.24) is 24.8 Å². The lowest BCUT2D eigenvalue weighted by atomic mass is 10.1. The minimum Gasteiger partial charge on any atom is -0.480 e. The smallest absolute Gasteiger partial charge is 0.321 e. The van der Waals surface area contributed by atoms with Crippen LogP contribution >= 0.6 is 0 Å². The van der Waals surface area contributed by atoms with E-state index in [2.05, 4.69) is 19.9 Å². The molecule has 7 heteroatoms. The number of imidazole rings is 2. The van der Waals surface area contributed by atoms with Crippen molar-refractivity contribution in [2.75, 3.05) is 14.1 Å². The fraction of sp³-hybridized carbons (Fsp3) is 0.364. The lowest BCUT2D eigenvalue weighted by Crippen LogP contribution is -2.37. The molecule has 0 aromatic carbocycles. The Labute approximate surface area is 105 Å². The molecule has 1 atom stereocenters. The number of nitrogens with one attached hydrogen (secondary N) is 2. The van der Waals surface area contributed by atoms with E-state index in [1.165, 1.54) is 0 Å². The van der Waals surface area contributed by atoms with Gasteiger partial charge in [-0.15, -0.1) is 0 Å². The number of rotatable bonds is 4. The summed E-state index contributed by atoms with van der Waals surface area (Å²) in [5, 5.41) is 8.87. The molecule has 98 valence electrons. The molecule has 0 bridgehead atoms. The number of H-pyrrole nitrogens is 2. The van der Waals surface area contributed by atoms with Gasteiger partial charge in [0.2, 0.25) is 0 Å². The van der Waals surface area contributed by atoms with Crippen molar-refractivity contribution in [2.45, 2.75) is 12.5 Å². The van der Waals surface area contributed by atoms with E-state index in [4.69, 9.17) is 5.11 Å². The average Bonchev–Trinajstić information content (AvgIpc) is 3.01. The van der Waals surface area contributed by atoms with E-state index in [0.29, 0.717) is 6.42 Å². The Morgan fingerprint density at radius 3 is 2.56 bits per heavy atom. The first-order valence-electron chi connectivity index (χ1n) is 5.40. The van der Waals surface area contributed by atoms with Crippen molar-refractivity contribution in [2.24, 2.45) is 0 Å². The molecule has 3 N–H and O–H groups in total. The molecule has 2 heterocycles. The van der Waals surface area contributed by atoms with Gasteiger partial charge in [0.1, 0.15) is 6.04 Å². The van der Waals surface area contributed by atoms with Crippen LogP contribution in [0, 0.1) is 0 Å². The summed E-state index contributed by atoms with van der Waals surface area (Å²) >= 11 is 0. The molecule has 0 fully saturated rings. The number of hydrogen-bond acceptors (Lipinski definition) is 4. The SMILES string of the molecule is CN(C)C(Cc1cnc[nH]1)C(=O)O.c1c[nH]cn1. The third-order valence-electron chi connectivity index (χ3n) is 2.28. The maximum Gasteiger partial charge on any atom is 0.321 e. The number of carboxylic acids is 1. The minimum absolute atomic E-state index is 0.447.